The van der Waals surface area contributed by atoms with Crippen molar-refractivity contribution in [1.29, 1.82) is 0 Å². The molecule has 1 atom stereocenters. The second-order valence-corrected chi connectivity index (χ2v) is 5.48. The van der Waals surface area contributed by atoms with Crippen LogP contribution in [0.2, 0.25) is 0 Å². The molecule has 1 aromatic heterocycles. The lowest BCUT2D eigenvalue weighted by Crippen LogP contribution is -2.37. The van der Waals surface area contributed by atoms with Crippen molar-refractivity contribution in [3.05, 3.63) is 48.3 Å². The first-order chi connectivity index (χ1) is 10.2. The first kappa shape index (κ1) is 15.7. The van der Waals surface area contributed by atoms with Crippen LogP contribution in [0.4, 0.5) is 0 Å². The molecule has 2 rings (SSSR count). The molecule has 21 heavy (non-hydrogen) atoms. The fraction of sp³-hybridized carbons (Fsp3) is 0.471. The molecule has 2 aromatic rings. The molecule has 0 aliphatic carbocycles. The number of nitrogens with zero attached hydrogens (tertiary/aromatic N) is 2. The fourth-order valence-electron chi connectivity index (χ4n) is 2.15. The van der Waals surface area contributed by atoms with Gasteiger partial charge in [0.05, 0.1) is 18.0 Å². The SMILES string of the molecule is CCOCC(NCc1ccn(-c2ccccc2)n1)C(C)C. The van der Waals surface area contributed by atoms with Crippen LogP contribution in [0.3, 0.4) is 0 Å². The number of para-hydroxylation sites is 1. The summed E-state index contributed by atoms with van der Waals surface area (Å²) >= 11 is 0. The first-order valence-electron chi connectivity index (χ1n) is 7.61. The maximum absolute atomic E-state index is 5.53. The van der Waals surface area contributed by atoms with Crippen LogP contribution in [0, 0.1) is 5.92 Å². The van der Waals surface area contributed by atoms with E-state index < -0.39 is 0 Å². The normalized spacial score (nSPS) is 12.8. The van der Waals surface area contributed by atoms with Crippen molar-refractivity contribution < 1.29 is 4.74 Å². The van der Waals surface area contributed by atoms with E-state index in [0.717, 1.165) is 31.1 Å². The Morgan fingerprint density at radius 1 is 1.19 bits per heavy atom. The summed E-state index contributed by atoms with van der Waals surface area (Å²) in [5, 5.41) is 8.14. The van der Waals surface area contributed by atoms with Gasteiger partial charge in [0.2, 0.25) is 0 Å². The molecule has 0 bridgehead atoms. The van der Waals surface area contributed by atoms with E-state index in [1.54, 1.807) is 0 Å². The summed E-state index contributed by atoms with van der Waals surface area (Å²) in [5.74, 6) is 0.535. The van der Waals surface area contributed by atoms with Crippen LogP contribution < -0.4 is 5.32 Å². The molecular formula is C17H25N3O. The molecule has 0 aliphatic rings. The van der Waals surface area contributed by atoms with Gasteiger partial charge in [0, 0.05) is 25.4 Å². The summed E-state index contributed by atoms with van der Waals surface area (Å²) in [4.78, 5) is 0. The number of hydrogen-bond acceptors (Lipinski definition) is 3. The molecule has 114 valence electrons. The minimum absolute atomic E-state index is 0.354. The Morgan fingerprint density at radius 3 is 2.62 bits per heavy atom. The van der Waals surface area contributed by atoms with Gasteiger partial charge < -0.3 is 10.1 Å². The molecule has 4 heteroatoms. The van der Waals surface area contributed by atoms with E-state index in [2.05, 4.69) is 42.5 Å². The van der Waals surface area contributed by atoms with Crippen LogP contribution in [0.15, 0.2) is 42.6 Å². The van der Waals surface area contributed by atoms with E-state index in [9.17, 15) is 0 Å². The van der Waals surface area contributed by atoms with Gasteiger partial charge in [-0.25, -0.2) is 4.68 Å². The maximum Gasteiger partial charge on any atom is 0.0766 e. The van der Waals surface area contributed by atoms with Gasteiger partial charge in [0.25, 0.3) is 0 Å². The second kappa shape index (κ2) is 7.96. The summed E-state index contributed by atoms with van der Waals surface area (Å²) in [7, 11) is 0. The topological polar surface area (TPSA) is 39.1 Å². The predicted octanol–water partition coefficient (Wildman–Crippen LogP) is 3.02. The highest BCUT2D eigenvalue weighted by atomic mass is 16.5. The fourth-order valence-corrected chi connectivity index (χ4v) is 2.15. The van der Waals surface area contributed by atoms with E-state index in [1.807, 2.05) is 36.0 Å². The lowest BCUT2D eigenvalue weighted by atomic mass is 10.1. The summed E-state index contributed by atoms with van der Waals surface area (Å²) < 4.78 is 7.44. The minimum Gasteiger partial charge on any atom is -0.380 e. The number of aromatic nitrogens is 2. The van der Waals surface area contributed by atoms with Crippen molar-refractivity contribution in [1.82, 2.24) is 15.1 Å². The van der Waals surface area contributed by atoms with Crippen LogP contribution in [-0.4, -0.2) is 29.0 Å². The number of nitrogens with one attached hydrogen (secondary N) is 1. The molecule has 0 aliphatic heterocycles. The summed E-state index contributed by atoms with van der Waals surface area (Å²) in [6.07, 6.45) is 2.00. The Hall–Kier alpha value is -1.65. The largest absolute Gasteiger partial charge is 0.380 e. The molecule has 1 aromatic carbocycles. The molecule has 1 N–H and O–H groups in total. The highest BCUT2D eigenvalue weighted by Crippen LogP contribution is 2.08. The quantitative estimate of drug-likeness (QED) is 0.811. The van der Waals surface area contributed by atoms with Crippen LogP contribution in [0.5, 0.6) is 0 Å². The Balaban J connectivity index is 1.93. The van der Waals surface area contributed by atoms with Crippen molar-refractivity contribution in [2.75, 3.05) is 13.2 Å². The van der Waals surface area contributed by atoms with Crippen molar-refractivity contribution in [3.8, 4) is 5.69 Å². The molecule has 0 amide bonds. The standard InChI is InChI=1S/C17H25N3O/c1-4-21-13-17(14(2)3)18-12-15-10-11-20(19-15)16-8-6-5-7-9-16/h5-11,14,17-18H,4,12-13H2,1-3H3. The monoisotopic (exact) mass is 287 g/mol. The molecule has 1 heterocycles. The number of hydrogen-bond donors (Lipinski definition) is 1. The van der Waals surface area contributed by atoms with Gasteiger partial charge in [0.1, 0.15) is 0 Å². The molecule has 0 saturated heterocycles. The van der Waals surface area contributed by atoms with E-state index in [-0.39, 0.29) is 0 Å². The zero-order chi connectivity index (χ0) is 15.1. The van der Waals surface area contributed by atoms with Gasteiger partial charge >= 0.3 is 0 Å². The Morgan fingerprint density at radius 2 is 1.95 bits per heavy atom. The Kier molecular flexibility index (Phi) is 5.96. The van der Waals surface area contributed by atoms with Gasteiger partial charge in [-0.1, -0.05) is 32.0 Å². The average molecular weight is 287 g/mol. The highest BCUT2D eigenvalue weighted by Gasteiger charge is 2.13. The van der Waals surface area contributed by atoms with Crippen molar-refractivity contribution in [3.63, 3.8) is 0 Å². The molecule has 4 nitrogen and oxygen atoms in total. The molecule has 0 fully saturated rings. The molecule has 0 radical (unpaired) electrons. The molecule has 0 spiro atoms. The van der Waals surface area contributed by atoms with E-state index in [0.29, 0.717) is 12.0 Å². The van der Waals surface area contributed by atoms with E-state index in [4.69, 9.17) is 4.74 Å². The maximum atomic E-state index is 5.53. The minimum atomic E-state index is 0.354. The van der Waals surface area contributed by atoms with E-state index >= 15 is 0 Å². The number of benzene rings is 1. The van der Waals surface area contributed by atoms with Crippen molar-refractivity contribution in [2.24, 2.45) is 5.92 Å². The molecule has 0 saturated carbocycles. The van der Waals surface area contributed by atoms with Gasteiger partial charge in [-0.3, -0.25) is 0 Å². The Bertz CT molecular complexity index is 522. The summed E-state index contributed by atoms with van der Waals surface area (Å²) in [6.45, 7) is 8.70. The lowest BCUT2D eigenvalue weighted by molar-refractivity contribution is 0.107. The third kappa shape index (κ3) is 4.69. The lowest BCUT2D eigenvalue weighted by Gasteiger charge is -2.21. The zero-order valence-electron chi connectivity index (χ0n) is 13.1. The average Bonchev–Trinajstić information content (AvgIpc) is 2.97. The highest BCUT2D eigenvalue weighted by molar-refractivity contribution is 5.30. The van der Waals surface area contributed by atoms with Gasteiger partial charge in [-0.2, -0.15) is 5.10 Å². The number of ether oxygens (including phenoxy) is 1. The third-order valence-corrected chi connectivity index (χ3v) is 3.52. The van der Waals surface area contributed by atoms with Gasteiger partial charge in [0.15, 0.2) is 0 Å². The van der Waals surface area contributed by atoms with Crippen molar-refractivity contribution >= 4 is 0 Å². The third-order valence-electron chi connectivity index (χ3n) is 3.52. The first-order valence-corrected chi connectivity index (χ1v) is 7.61. The summed E-state index contributed by atoms with van der Waals surface area (Å²) in [5.41, 5.74) is 2.12. The van der Waals surface area contributed by atoms with Gasteiger partial charge in [-0.05, 0) is 31.0 Å². The Labute approximate surface area is 127 Å². The summed E-state index contributed by atoms with van der Waals surface area (Å²) in [6, 6.07) is 12.6. The van der Waals surface area contributed by atoms with Crippen LogP contribution in [-0.2, 0) is 11.3 Å². The molecular weight excluding hydrogens is 262 g/mol. The smallest absolute Gasteiger partial charge is 0.0766 e. The van der Waals surface area contributed by atoms with Crippen LogP contribution >= 0.6 is 0 Å². The van der Waals surface area contributed by atoms with Crippen LogP contribution in [0.1, 0.15) is 26.5 Å². The van der Waals surface area contributed by atoms with Gasteiger partial charge in [-0.15, -0.1) is 0 Å². The predicted molar refractivity (Wildman–Crippen MR) is 85.5 cm³/mol. The number of rotatable bonds is 8. The second-order valence-electron chi connectivity index (χ2n) is 5.48. The van der Waals surface area contributed by atoms with Crippen molar-refractivity contribution in [2.45, 2.75) is 33.4 Å². The van der Waals surface area contributed by atoms with E-state index in [1.165, 1.54) is 0 Å². The molecule has 1 unspecified atom stereocenters. The van der Waals surface area contributed by atoms with Crippen LogP contribution in [0.25, 0.3) is 5.69 Å². The zero-order valence-corrected chi connectivity index (χ0v) is 13.1.